The summed E-state index contributed by atoms with van der Waals surface area (Å²) in [4.78, 5) is 4.74. The van der Waals surface area contributed by atoms with Crippen molar-refractivity contribution in [2.24, 2.45) is 0 Å². The van der Waals surface area contributed by atoms with E-state index >= 15 is 0 Å². The van der Waals surface area contributed by atoms with Gasteiger partial charge in [-0.15, -0.1) is 0 Å². The smallest absolute Gasteiger partial charge is 0.271 e. The van der Waals surface area contributed by atoms with Crippen molar-refractivity contribution in [3.63, 3.8) is 0 Å². The first-order valence-electron chi connectivity index (χ1n) is 6.52. The number of aromatic nitrogens is 4. The van der Waals surface area contributed by atoms with Crippen molar-refractivity contribution in [3.8, 4) is 5.69 Å². The van der Waals surface area contributed by atoms with Gasteiger partial charge in [0.05, 0.1) is 30.0 Å². The van der Waals surface area contributed by atoms with Crippen molar-refractivity contribution < 1.29 is 4.57 Å². The van der Waals surface area contributed by atoms with E-state index in [1.165, 1.54) is 0 Å². The standard InChI is InChI=1S/C14H12IN5/c15-6-12-8-16-14-18-13-10(9-19(12)14)7-17-20(13)11-4-2-1-3-5-11/h1-5,7,9,12H,6,8H2/p+1. The van der Waals surface area contributed by atoms with Crippen molar-refractivity contribution in [2.45, 2.75) is 6.04 Å². The van der Waals surface area contributed by atoms with Crippen molar-refractivity contribution in [3.05, 3.63) is 42.7 Å². The van der Waals surface area contributed by atoms with E-state index in [-0.39, 0.29) is 0 Å². The number of nitrogens with zero attached hydrogens (tertiary/aromatic N) is 4. The predicted octanol–water partition coefficient (Wildman–Crippen LogP) is 2.11. The first kappa shape index (κ1) is 12.1. The van der Waals surface area contributed by atoms with Crippen LogP contribution in [0.15, 0.2) is 42.7 Å². The van der Waals surface area contributed by atoms with Crippen LogP contribution in [0.2, 0.25) is 0 Å². The largest absolute Gasteiger partial charge is 0.394 e. The Labute approximate surface area is 129 Å². The van der Waals surface area contributed by atoms with E-state index in [0.29, 0.717) is 6.04 Å². The molecule has 0 saturated heterocycles. The molecular weight excluding hydrogens is 365 g/mol. The zero-order valence-electron chi connectivity index (χ0n) is 10.7. The van der Waals surface area contributed by atoms with Gasteiger partial charge in [-0.2, -0.15) is 5.10 Å². The molecule has 0 bridgehead atoms. The number of hydrogen-bond acceptors (Lipinski definition) is 3. The summed E-state index contributed by atoms with van der Waals surface area (Å²) in [6.45, 7) is 0.946. The van der Waals surface area contributed by atoms with E-state index in [4.69, 9.17) is 4.98 Å². The maximum atomic E-state index is 4.74. The lowest BCUT2D eigenvalue weighted by atomic mass is 10.3. The van der Waals surface area contributed by atoms with E-state index in [2.05, 4.69) is 43.8 Å². The highest BCUT2D eigenvalue weighted by molar-refractivity contribution is 14.1. The topological polar surface area (TPSA) is 46.6 Å². The minimum atomic E-state index is 0.475. The second kappa shape index (κ2) is 4.69. The van der Waals surface area contributed by atoms with Crippen molar-refractivity contribution >= 4 is 39.6 Å². The summed E-state index contributed by atoms with van der Waals surface area (Å²) in [5, 5.41) is 8.90. The molecule has 0 radical (unpaired) electrons. The maximum Gasteiger partial charge on any atom is 0.394 e. The van der Waals surface area contributed by atoms with Crippen LogP contribution < -0.4 is 9.88 Å². The minimum absolute atomic E-state index is 0.475. The Morgan fingerprint density at radius 1 is 1.35 bits per heavy atom. The molecule has 6 heteroatoms. The maximum absolute atomic E-state index is 4.74. The molecule has 3 heterocycles. The van der Waals surface area contributed by atoms with Crippen molar-refractivity contribution in [2.75, 3.05) is 16.3 Å². The van der Waals surface area contributed by atoms with Crippen LogP contribution in [0.3, 0.4) is 0 Å². The molecule has 1 aromatic carbocycles. The number of fused-ring (bicyclic) bond motifs is 2. The lowest BCUT2D eigenvalue weighted by molar-refractivity contribution is -0.692. The average Bonchev–Trinajstić information content (AvgIpc) is 3.08. The molecule has 5 nitrogen and oxygen atoms in total. The zero-order chi connectivity index (χ0) is 13.5. The normalized spacial score (nSPS) is 17.1. The Kier molecular flexibility index (Phi) is 2.83. The number of rotatable bonds is 2. The average molecular weight is 378 g/mol. The molecule has 20 heavy (non-hydrogen) atoms. The van der Waals surface area contributed by atoms with Gasteiger partial charge in [0.25, 0.3) is 0 Å². The summed E-state index contributed by atoms with van der Waals surface area (Å²) in [6.07, 6.45) is 4.03. The van der Waals surface area contributed by atoms with Crippen LogP contribution in [0.4, 0.5) is 5.95 Å². The summed E-state index contributed by atoms with van der Waals surface area (Å²) in [6, 6.07) is 10.6. The molecule has 1 unspecified atom stereocenters. The third-order valence-electron chi connectivity index (χ3n) is 3.57. The van der Waals surface area contributed by atoms with Gasteiger partial charge in [0.2, 0.25) is 5.65 Å². The van der Waals surface area contributed by atoms with Gasteiger partial charge in [-0.1, -0.05) is 45.8 Å². The molecule has 0 saturated carbocycles. The zero-order valence-corrected chi connectivity index (χ0v) is 12.9. The van der Waals surface area contributed by atoms with Crippen molar-refractivity contribution in [1.29, 1.82) is 0 Å². The number of nitrogens with one attached hydrogen (secondary N) is 1. The van der Waals surface area contributed by atoms with Gasteiger partial charge in [-0.3, -0.25) is 5.32 Å². The van der Waals surface area contributed by atoms with E-state index in [1.54, 1.807) is 0 Å². The molecule has 3 aromatic rings. The Morgan fingerprint density at radius 3 is 3.00 bits per heavy atom. The Hall–Kier alpha value is -1.70. The van der Waals surface area contributed by atoms with E-state index in [0.717, 1.165) is 33.6 Å². The first-order chi connectivity index (χ1) is 9.86. The van der Waals surface area contributed by atoms with Crippen LogP contribution in [-0.4, -0.2) is 25.7 Å². The number of hydrogen-bond donors (Lipinski definition) is 1. The molecule has 0 amide bonds. The molecule has 0 aliphatic carbocycles. The highest BCUT2D eigenvalue weighted by atomic mass is 127. The lowest BCUT2D eigenvalue weighted by Crippen LogP contribution is -2.37. The quantitative estimate of drug-likeness (QED) is 0.422. The molecule has 0 spiro atoms. The van der Waals surface area contributed by atoms with Gasteiger partial charge in [-0.05, 0) is 12.1 Å². The first-order valence-corrected chi connectivity index (χ1v) is 8.04. The number of anilines is 1. The van der Waals surface area contributed by atoms with Gasteiger partial charge in [0.15, 0.2) is 0 Å². The van der Waals surface area contributed by atoms with Crippen LogP contribution in [0.5, 0.6) is 0 Å². The van der Waals surface area contributed by atoms with Crippen LogP contribution in [0.25, 0.3) is 16.7 Å². The van der Waals surface area contributed by atoms with E-state index in [9.17, 15) is 0 Å². The molecule has 100 valence electrons. The number of benzene rings is 1. The van der Waals surface area contributed by atoms with E-state index in [1.807, 2.05) is 41.2 Å². The second-order valence-corrected chi connectivity index (χ2v) is 5.71. The Bertz CT molecular complexity index is 768. The lowest BCUT2D eigenvalue weighted by Gasteiger charge is -2.03. The number of alkyl halides is 1. The molecule has 0 fully saturated rings. The number of halogens is 1. The van der Waals surface area contributed by atoms with Gasteiger partial charge < -0.3 is 0 Å². The van der Waals surface area contributed by atoms with Gasteiger partial charge in [0, 0.05) is 4.43 Å². The fourth-order valence-electron chi connectivity index (χ4n) is 2.53. The van der Waals surface area contributed by atoms with Crippen LogP contribution in [0, 0.1) is 0 Å². The van der Waals surface area contributed by atoms with Crippen LogP contribution in [0.1, 0.15) is 6.04 Å². The third-order valence-corrected chi connectivity index (χ3v) is 4.59. The predicted molar refractivity (Wildman–Crippen MR) is 85.5 cm³/mol. The van der Waals surface area contributed by atoms with Crippen LogP contribution in [-0.2, 0) is 0 Å². The molecule has 1 aliphatic heterocycles. The third kappa shape index (κ3) is 1.78. The second-order valence-electron chi connectivity index (χ2n) is 4.83. The Morgan fingerprint density at radius 2 is 2.20 bits per heavy atom. The highest BCUT2D eigenvalue weighted by Crippen LogP contribution is 2.20. The van der Waals surface area contributed by atoms with E-state index < -0.39 is 0 Å². The Balaban J connectivity index is 1.91. The SMILES string of the molecule is ICC1CNc2nc3c(cnn3-c3ccccc3)c[n+]21. The molecule has 4 rings (SSSR count). The molecule has 1 aliphatic rings. The summed E-state index contributed by atoms with van der Waals surface area (Å²) < 4.78 is 5.17. The summed E-state index contributed by atoms with van der Waals surface area (Å²) in [5.74, 6) is 0.928. The molecule has 1 N–H and O–H groups in total. The fraction of sp³-hybridized carbons (Fsp3) is 0.214. The van der Waals surface area contributed by atoms with Gasteiger partial charge in [0.1, 0.15) is 6.04 Å². The summed E-state index contributed by atoms with van der Waals surface area (Å²) >= 11 is 2.42. The molecule has 1 atom stereocenters. The fourth-order valence-corrected chi connectivity index (χ4v) is 3.27. The monoisotopic (exact) mass is 378 g/mol. The van der Waals surface area contributed by atoms with Crippen LogP contribution >= 0.6 is 22.6 Å². The summed E-state index contributed by atoms with van der Waals surface area (Å²) in [7, 11) is 0. The van der Waals surface area contributed by atoms with Crippen molar-refractivity contribution in [1.82, 2.24) is 14.8 Å². The van der Waals surface area contributed by atoms with Gasteiger partial charge in [-0.25, -0.2) is 9.25 Å². The van der Waals surface area contributed by atoms with Gasteiger partial charge >= 0.3 is 5.95 Å². The molecule has 2 aromatic heterocycles. The minimum Gasteiger partial charge on any atom is -0.271 e. The number of para-hydroxylation sites is 1. The highest BCUT2D eigenvalue weighted by Gasteiger charge is 2.30. The molecular formula is C14H13IN5+. The summed E-state index contributed by atoms with van der Waals surface area (Å²) in [5.41, 5.74) is 1.92.